The van der Waals surface area contributed by atoms with Crippen LogP contribution in [-0.4, -0.2) is 28.5 Å². The van der Waals surface area contributed by atoms with Crippen molar-refractivity contribution in [1.82, 2.24) is 10.3 Å². The van der Waals surface area contributed by atoms with E-state index >= 15 is 0 Å². The maximum absolute atomic E-state index is 12.2. The lowest BCUT2D eigenvalue weighted by Crippen LogP contribution is -2.26. The van der Waals surface area contributed by atoms with Gasteiger partial charge in [-0.05, 0) is 25.3 Å². The molecule has 0 fully saturated rings. The number of allylic oxidation sites excluding steroid dienone is 1. The van der Waals surface area contributed by atoms with Gasteiger partial charge < -0.3 is 10.4 Å². The molecule has 0 saturated carbocycles. The van der Waals surface area contributed by atoms with Crippen molar-refractivity contribution in [3.63, 3.8) is 0 Å². The van der Waals surface area contributed by atoms with Gasteiger partial charge in [0.2, 0.25) is 0 Å². The molecule has 0 radical (unpaired) electrons. The van der Waals surface area contributed by atoms with Crippen molar-refractivity contribution in [2.75, 3.05) is 6.54 Å². The summed E-state index contributed by atoms with van der Waals surface area (Å²) in [6, 6.07) is 3.68. The summed E-state index contributed by atoms with van der Waals surface area (Å²) in [4.78, 5) is 26.8. The van der Waals surface area contributed by atoms with Crippen molar-refractivity contribution >= 4 is 18.0 Å². The lowest BCUT2D eigenvalue weighted by Gasteiger charge is -2.06. The molecule has 0 atom stereocenters. The molecule has 0 aliphatic heterocycles. The molecular formula is C20H30N2O3. The van der Waals surface area contributed by atoms with Gasteiger partial charge in [0.1, 0.15) is 5.69 Å². The van der Waals surface area contributed by atoms with Gasteiger partial charge >= 0.3 is 5.97 Å². The van der Waals surface area contributed by atoms with E-state index in [0.29, 0.717) is 18.7 Å². The number of amides is 1. The number of hydrogen-bond donors (Lipinski definition) is 2. The molecule has 1 amide bonds. The van der Waals surface area contributed by atoms with Crippen LogP contribution in [0.15, 0.2) is 24.4 Å². The number of aromatic nitrogens is 1. The number of carbonyl (C=O) groups is 2. The number of unbranched alkanes of at least 4 members (excludes halogenated alkanes) is 6. The van der Waals surface area contributed by atoms with Gasteiger partial charge in [-0.1, -0.05) is 57.2 Å². The zero-order valence-electron chi connectivity index (χ0n) is 15.2. The quantitative estimate of drug-likeness (QED) is 0.518. The summed E-state index contributed by atoms with van der Waals surface area (Å²) in [6.07, 6.45) is 14.7. The number of hydrogen-bond acceptors (Lipinski definition) is 3. The molecule has 0 aliphatic rings. The molecule has 5 nitrogen and oxygen atoms in total. The standard InChI is InChI=1S/C20H30N2O3/c1-2-3-4-5-6-7-8-9-12-17-13-10-15-21-19(17)20(25)22-16-11-14-18(23)24/h9-10,12-13,15H,2-8,11,14,16H2,1H3,(H,22,25)(H,23,24). The van der Waals surface area contributed by atoms with E-state index in [1.165, 1.54) is 32.1 Å². The van der Waals surface area contributed by atoms with E-state index < -0.39 is 5.97 Å². The molecule has 0 unspecified atom stereocenters. The summed E-state index contributed by atoms with van der Waals surface area (Å²) < 4.78 is 0. The number of carbonyl (C=O) groups excluding carboxylic acids is 1. The Morgan fingerprint density at radius 1 is 1.16 bits per heavy atom. The van der Waals surface area contributed by atoms with Crippen LogP contribution in [0.1, 0.15) is 80.8 Å². The fourth-order valence-electron chi connectivity index (χ4n) is 2.52. The number of carboxylic acids is 1. The molecular weight excluding hydrogens is 316 g/mol. The molecule has 1 aromatic rings. The number of nitrogens with one attached hydrogen (secondary N) is 1. The normalized spacial score (nSPS) is 10.9. The van der Waals surface area contributed by atoms with Gasteiger partial charge in [-0.2, -0.15) is 0 Å². The Balaban J connectivity index is 2.40. The van der Waals surface area contributed by atoms with Crippen LogP contribution >= 0.6 is 0 Å². The number of rotatable bonds is 13. The molecule has 0 spiro atoms. The van der Waals surface area contributed by atoms with Crippen LogP contribution in [0.2, 0.25) is 0 Å². The number of aliphatic carboxylic acids is 1. The Hall–Kier alpha value is -2.17. The molecule has 1 heterocycles. The Bertz CT molecular complexity index is 556. The summed E-state index contributed by atoms with van der Waals surface area (Å²) in [5, 5.41) is 11.3. The van der Waals surface area contributed by atoms with Crippen LogP contribution in [0.4, 0.5) is 0 Å². The minimum absolute atomic E-state index is 0.0491. The van der Waals surface area contributed by atoms with Crippen LogP contribution in [-0.2, 0) is 4.79 Å². The Kier molecular flexibility index (Phi) is 11.0. The molecule has 0 saturated heterocycles. The van der Waals surface area contributed by atoms with E-state index in [0.717, 1.165) is 18.4 Å². The van der Waals surface area contributed by atoms with E-state index in [1.807, 2.05) is 18.2 Å². The van der Waals surface area contributed by atoms with Crippen molar-refractivity contribution in [2.45, 2.75) is 64.7 Å². The summed E-state index contributed by atoms with van der Waals surface area (Å²) in [5.74, 6) is -1.12. The SMILES string of the molecule is CCCCCCCCC=Cc1cccnc1C(=O)NCCCC(=O)O. The molecule has 25 heavy (non-hydrogen) atoms. The van der Waals surface area contributed by atoms with Crippen LogP contribution < -0.4 is 5.32 Å². The highest BCUT2D eigenvalue weighted by molar-refractivity contribution is 5.95. The van der Waals surface area contributed by atoms with Gasteiger partial charge in [-0.15, -0.1) is 0 Å². The first-order chi connectivity index (χ1) is 12.1. The highest BCUT2D eigenvalue weighted by Gasteiger charge is 2.10. The second-order valence-corrected chi connectivity index (χ2v) is 6.15. The summed E-state index contributed by atoms with van der Waals surface area (Å²) in [7, 11) is 0. The van der Waals surface area contributed by atoms with Gasteiger partial charge in [0.05, 0.1) is 0 Å². The molecule has 1 rings (SSSR count). The molecule has 1 aromatic heterocycles. The van der Waals surface area contributed by atoms with E-state index in [1.54, 1.807) is 6.20 Å². The van der Waals surface area contributed by atoms with Crippen LogP contribution in [0.5, 0.6) is 0 Å². The highest BCUT2D eigenvalue weighted by atomic mass is 16.4. The molecule has 0 aromatic carbocycles. The summed E-state index contributed by atoms with van der Waals surface area (Å²) in [6.45, 7) is 2.55. The highest BCUT2D eigenvalue weighted by Crippen LogP contribution is 2.11. The Labute approximate surface area is 150 Å². The lowest BCUT2D eigenvalue weighted by molar-refractivity contribution is -0.137. The fourth-order valence-corrected chi connectivity index (χ4v) is 2.52. The molecule has 2 N–H and O–H groups in total. The molecule has 5 heteroatoms. The number of pyridine rings is 1. The van der Waals surface area contributed by atoms with Crippen LogP contribution in [0.25, 0.3) is 6.08 Å². The van der Waals surface area contributed by atoms with Crippen LogP contribution in [0.3, 0.4) is 0 Å². The summed E-state index contributed by atoms with van der Waals surface area (Å²) in [5.41, 5.74) is 1.18. The van der Waals surface area contributed by atoms with E-state index in [4.69, 9.17) is 5.11 Å². The fraction of sp³-hybridized carbons (Fsp3) is 0.550. The Morgan fingerprint density at radius 2 is 1.92 bits per heavy atom. The zero-order valence-corrected chi connectivity index (χ0v) is 15.2. The number of carboxylic acid groups (broad SMARTS) is 1. The predicted molar refractivity (Wildman–Crippen MR) is 100 cm³/mol. The maximum Gasteiger partial charge on any atom is 0.303 e. The van der Waals surface area contributed by atoms with Crippen LogP contribution in [0, 0.1) is 0 Å². The van der Waals surface area contributed by atoms with Crippen molar-refractivity contribution in [3.05, 3.63) is 35.7 Å². The lowest BCUT2D eigenvalue weighted by atomic mass is 10.1. The van der Waals surface area contributed by atoms with Crippen molar-refractivity contribution in [2.24, 2.45) is 0 Å². The molecule has 0 bridgehead atoms. The van der Waals surface area contributed by atoms with Crippen molar-refractivity contribution in [3.8, 4) is 0 Å². The maximum atomic E-state index is 12.2. The topological polar surface area (TPSA) is 79.3 Å². The van der Waals surface area contributed by atoms with E-state index in [-0.39, 0.29) is 12.3 Å². The second kappa shape index (κ2) is 13.2. The predicted octanol–water partition coefficient (Wildman–Crippen LogP) is 4.44. The zero-order chi connectivity index (χ0) is 18.3. The molecule has 0 aliphatic carbocycles. The minimum Gasteiger partial charge on any atom is -0.481 e. The number of nitrogens with zero attached hydrogens (tertiary/aromatic N) is 1. The summed E-state index contributed by atoms with van der Waals surface area (Å²) >= 11 is 0. The third-order valence-corrected chi connectivity index (χ3v) is 3.93. The van der Waals surface area contributed by atoms with Crippen molar-refractivity contribution < 1.29 is 14.7 Å². The van der Waals surface area contributed by atoms with Crippen molar-refractivity contribution in [1.29, 1.82) is 0 Å². The first kappa shape index (κ1) is 20.9. The largest absolute Gasteiger partial charge is 0.481 e. The smallest absolute Gasteiger partial charge is 0.303 e. The third-order valence-electron chi connectivity index (χ3n) is 3.93. The molecule has 138 valence electrons. The van der Waals surface area contributed by atoms with Gasteiger partial charge in [0.25, 0.3) is 5.91 Å². The van der Waals surface area contributed by atoms with Gasteiger partial charge in [-0.3, -0.25) is 14.6 Å². The monoisotopic (exact) mass is 346 g/mol. The first-order valence-electron chi connectivity index (χ1n) is 9.26. The van der Waals surface area contributed by atoms with E-state index in [2.05, 4.69) is 23.3 Å². The van der Waals surface area contributed by atoms with E-state index in [9.17, 15) is 9.59 Å². The van der Waals surface area contributed by atoms with Gasteiger partial charge in [-0.25, -0.2) is 0 Å². The average Bonchev–Trinajstić information content (AvgIpc) is 2.61. The Morgan fingerprint density at radius 3 is 2.68 bits per heavy atom. The average molecular weight is 346 g/mol. The third kappa shape index (κ3) is 9.65. The second-order valence-electron chi connectivity index (χ2n) is 6.15. The van der Waals surface area contributed by atoms with Gasteiger partial charge in [0, 0.05) is 24.7 Å². The minimum atomic E-state index is -0.856. The first-order valence-corrected chi connectivity index (χ1v) is 9.26. The van der Waals surface area contributed by atoms with Gasteiger partial charge in [0.15, 0.2) is 0 Å².